The number of aryl methyl sites for hydroxylation is 1. The van der Waals surface area contributed by atoms with Crippen molar-refractivity contribution < 1.29 is 9.18 Å². The molecule has 0 aromatic heterocycles. The zero-order valence-electron chi connectivity index (χ0n) is 9.66. The first kappa shape index (κ1) is 12.6. The predicted octanol–water partition coefficient (Wildman–Crippen LogP) is 1.55. The van der Waals surface area contributed by atoms with E-state index in [0.717, 1.165) is 0 Å². The number of benzene rings is 1. The van der Waals surface area contributed by atoms with E-state index in [2.05, 4.69) is 0 Å². The minimum absolute atomic E-state index is 0.101. The van der Waals surface area contributed by atoms with Crippen LogP contribution in [0, 0.1) is 12.7 Å². The number of nitrogens with zero attached hydrogens (tertiary/aromatic N) is 1. The van der Waals surface area contributed by atoms with E-state index < -0.39 is 0 Å². The highest BCUT2D eigenvalue weighted by Gasteiger charge is 2.13. The molecule has 2 N–H and O–H groups in total. The fourth-order valence-corrected chi connectivity index (χ4v) is 1.52. The molecule has 0 atom stereocenters. The normalized spacial score (nSPS) is 10.2. The average molecular weight is 224 g/mol. The standard InChI is InChI=1S/C12H17FN2O/c1-3-15(7-6-14)12(16)10-4-5-11(13)9(2)8-10/h4-5,8H,3,6-7,14H2,1-2H3. The van der Waals surface area contributed by atoms with E-state index in [1.165, 1.54) is 12.1 Å². The van der Waals surface area contributed by atoms with Gasteiger partial charge in [0.1, 0.15) is 5.82 Å². The van der Waals surface area contributed by atoms with Crippen LogP contribution in [0.15, 0.2) is 18.2 Å². The Hall–Kier alpha value is -1.42. The molecule has 0 saturated carbocycles. The fraction of sp³-hybridized carbons (Fsp3) is 0.417. The van der Waals surface area contributed by atoms with Crippen molar-refractivity contribution in [1.29, 1.82) is 0 Å². The highest BCUT2D eigenvalue weighted by atomic mass is 19.1. The van der Waals surface area contributed by atoms with Crippen LogP contribution in [0.25, 0.3) is 0 Å². The summed E-state index contributed by atoms with van der Waals surface area (Å²) in [5.74, 6) is -0.394. The van der Waals surface area contributed by atoms with E-state index in [1.807, 2.05) is 6.92 Å². The Morgan fingerprint density at radius 3 is 2.69 bits per heavy atom. The summed E-state index contributed by atoms with van der Waals surface area (Å²) in [4.78, 5) is 13.6. The monoisotopic (exact) mass is 224 g/mol. The summed E-state index contributed by atoms with van der Waals surface area (Å²) < 4.78 is 13.0. The van der Waals surface area contributed by atoms with Crippen molar-refractivity contribution in [2.24, 2.45) is 5.73 Å². The van der Waals surface area contributed by atoms with Crippen LogP contribution in [-0.4, -0.2) is 30.4 Å². The molecule has 88 valence electrons. The van der Waals surface area contributed by atoms with Gasteiger partial charge in [0.25, 0.3) is 5.91 Å². The lowest BCUT2D eigenvalue weighted by atomic mass is 10.1. The van der Waals surface area contributed by atoms with Crippen molar-refractivity contribution in [2.75, 3.05) is 19.6 Å². The van der Waals surface area contributed by atoms with E-state index in [-0.39, 0.29) is 11.7 Å². The van der Waals surface area contributed by atoms with Crippen molar-refractivity contribution in [3.63, 3.8) is 0 Å². The average Bonchev–Trinajstić information content (AvgIpc) is 2.28. The van der Waals surface area contributed by atoms with Gasteiger partial charge in [0.15, 0.2) is 0 Å². The topological polar surface area (TPSA) is 46.3 Å². The maximum absolute atomic E-state index is 13.0. The van der Waals surface area contributed by atoms with E-state index in [9.17, 15) is 9.18 Å². The molecule has 0 radical (unpaired) electrons. The van der Waals surface area contributed by atoms with Crippen molar-refractivity contribution >= 4 is 5.91 Å². The van der Waals surface area contributed by atoms with Crippen molar-refractivity contribution in [3.05, 3.63) is 35.1 Å². The molecule has 0 aliphatic rings. The number of likely N-dealkylation sites (N-methyl/N-ethyl adjacent to an activating group) is 1. The summed E-state index contributed by atoms with van der Waals surface area (Å²) in [7, 11) is 0. The third kappa shape index (κ3) is 2.79. The summed E-state index contributed by atoms with van der Waals surface area (Å²) in [6, 6.07) is 4.39. The number of halogens is 1. The van der Waals surface area contributed by atoms with Crippen molar-refractivity contribution in [3.8, 4) is 0 Å². The zero-order valence-corrected chi connectivity index (χ0v) is 9.66. The van der Waals surface area contributed by atoms with Crippen LogP contribution < -0.4 is 5.73 Å². The lowest BCUT2D eigenvalue weighted by Gasteiger charge is -2.20. The molecule has 4 heteroatoms. The Bertz CT molecular complexity index is 379. The fourth-order valence-electron chi connectivity index (χ4n) is 1.52. The minimum atomic E-state index is -0.293. The molecule has 1 rings (SSSR count). The third-order valence-corrected chi connectivity index (χ3v) is 2.47. The van der Waals surface area contributed by atoms with E-state index in [4.69, 9.17) is 5.73 Å². The molecular formula is C12H17FN2O. The second-order valence-corrected chi connectivity index (χ2v) is 3.64. The van der Waals surface area contributed by atoms with Crippen LogP contribution in [-0.2, 0) is 0 Å². The molecular weight excluding hydrogens is 207 g/mol. The minimum Gasteiger partial charge on any atom is -0.338 e. The first-order valence-corrected chi connectivity index (χ1v) is 5.35. The largest absolute Gasteiger partial charge is 0.338 e. The smallest absolute Gasteiger partial charge is 0.253 e. The van der Waals surface area contributed by atoms with Crippen LogP contribution in [0.2, 0.25) is 0 Å². The van der Waals surface area contributed by atoms with Gasteiger partial charge in [-0.15, -0.1) is 0 Å². The summed E-state index contributed by atoms with van der Waals surface area (Å²) >= 11 is 0. The third-order valence-electron chi connectivity index (χ3n) is 2.47. The Morgan fingerprint density at radius 1 is 1.50 bits per heavy atom. The molecule has 16 heavy (non-hydrogen) atoms. The Kier molecular flexibility index (Phi) is 4.43. The van der Waals surface area contributed by atoms with Gasteiger partial charge in [0.2, 0.25) is 0 Å². The molecule has 0 aliphatic heterocycles. The molecule has 0 bridgehead atoms. The highest BCUT2D eigenvalue weighted by Crippen LogP contribution is 2.11. The second-order valence-electron chi connectivity index (χ2n) is 3.64. The number of carbonyl (C=O) groups is 1. The van der Waals surface area contributed by atoms with Crippen molar-refractivity contribution in [2.45, 2.75) is 13.8 Å². The van der Waals surface area contributed by atoms with Gasteiger partial charge in [-0.1, -0.05) is 0 Å². The molecule has 0 fully saturated rings. The molecule has 3 nitrogen and oxygen atoms in total. The van der Waals surface area contributed by atoms with Crippen LogP contribution in [0.3, 0.4) is 0 Å². The molecule has 0 unspecified atom stereocenters. The van der Waals surface area contributed by atoms with Gasteiger partial charge < -0.3 is 10.6 Å². The Labute approximate surface area is 95.0 Å². The summed E-state index contributed by atoms with van der Waals surface area (Å²) in [6.07, 6.45) is 0. The second kappa shape index (κ2) is 5.61. The lowest BCUT2D eigenvalue weighted by molar-refractivity contribution is 0.0769. The van der Waals surface area contributed by atoms with Crippen LogP contribution in [0.5, 0.6) is 0 Å². The van der Waals surface area contributed by atoms with Crippen molar-refractivity contribution in [1.82, 2.24) is 4.90 Å². The van der Waals surface area contributed by atoms with E-state index in [0.29, 0.717) is 30.8 Å². The molecule has 1 aromatic rings. The summed E-state index contributed by atoms with van der Waals surface area (Å²) in [5.41, 5.74) is 6.41. The summed E-state index contributed by atoms with van der Waals surface area (Å²) in [6.45, 7) is 5.09. The molecule has 0 heterocycles. The maximum Gasteiger partial charge on any atom is 0.253 e. The highest BCUT2D eigenvalue weighted by molar-refractivity contribution is 5.94. The number of hydrogen-bond acceptors (Lipinski definition) is 2. The predicted molar refractivity (Wildman–Crippen MR) is 61.8 cm³/mol. The van der Waals surface area contributed by atoms with E-state index in [1.54, 1.807) is 17.9 Å². The first-order chi connectivity index (χ1) is 7.60. The van der Waals surface area contributed by atoms with Gasteiger partial charge in [-0.05, 0) is 37.6 Å². The number of hydrogen-bond donors (Lipinski definition) is 1. The molecule has 0 saturated heterocycles. The maximum atomic E-state index is 13.0. The number of nitrogens with two attached hydrogens (primary N) is 1. The quantitative estimate of drug-likeness (QED) is 0.843. The number of amides is 1. The zero-order chi connectivity index (χ0) is 12.1. The van der Waals surface area contributed by atoms with E-state index >= 15 is 0 Å². The van der Waals surface area contributed by atoms with Gasteiger partial charge in [-0.3, -0.25) is 4.79 Å². The molecule has 0 spiro atoms. The van der Waals surface area contributed by atoms with Crippen LogP contribution in [0.1, 0.15) is 22.8 Å². The van der Waals surface area contributed by atoms with Gasteiger partial charge in [-0.25, -0.2) is 4.39 Å². The Morgan fingerprint density at radius 2 is 2.19 bits per heavy atom. The lowest BCUT2D eigenvalue weighted by Crippen LogP contribution is -2.35. The number of rotatable bonds is 4. The number of carbonyl (C=O) groups excluding carboxylic acids is 1. The molecule has 1 aromatic carbocycles. The van der Waals surface area contributed by atoms with Crippen LogP contribution >= 0.6 is 0 Å². The Balaban J connectivity index is 2.90. The van der Waals surface area contributed by atoms with Gasteiger partial charge >= 0.3 is 0 Å². The molecule has 1 amide bonds. The van der Waals surface area contributed by atoms with Gasteiger partial charge in [0.05, 0.1) is 0 Å². The summed E-state index contributed by atoms with van der Waals surface area (Å²) in [5, 5.41) is 0. The van der Waals surface area contributed by atoms with Gasteiger partial charge in [-0.2, -0.15) is 0 Å². The SMILES string of the molecule is CCN(CCN)C(=O)c1ccc(F)c(C)c1. The van der Waals surface area contributed by atoms with Gasteiger partial charge in [0, 0.05) is 25.2 Å². The first-order valence-electron chi connectivity index (χ1n) is 5.35. The van der Waals surface area contributed by atoms with Crippen LogP contribution in [0.4, 0.5) is 4.39 Å². The molecule has 0 aliphatic carbocycles.